The SMILES string of the molecule is O=C(c1cc(-c2ccccc2)nc2c1cnn2Cc1ccccc1)N1CCC1. The average Bonchev–Trinajstić information content (AvgIpc) is 3.10. The molecule has 1 saturated heterocycles. The van der Waals surface area contributed by atoms with E-state index in [0.29, 0.717) is 12.1 Å². The molecule has 0 saturated carbocycles. The van der Waals surface area contributed by atoms with E-state index in [-0.39, 0.29) is 5.91 Å². The first-order valence-electron chi connectivity index (χ1n) is 9.55. The second kappa shape index (κ2) is 6.93. The Bertz CT molecular complexity index is 1130. The Morgan fingerprint density at radius 1 is 0.964 bits per heavy atom. The summed E-state index contributed by atoms with van der Waals surface area (Å²) in [7, 11) is 0. The van der Waals surface area contributed by atoms with Gasteiger partial charge in [-0.25, -0.2) is 9.67 Å². The fourth-order valence-corrected chi connectivity index (χ4v) is 3.54. The fraction of sp³-hybridized carbons (Fsp3) is 0.174. The standard InChI is InChI=1S/C23H20N4O/c28-23(26-12-7-13-26)19-14-21(18-10-5-2-6-11-18)25-22-20(19)15-24-27(22)16-17-8-3-1-4-9-17/h1-6,8-11,14-15H,7,12-13,16H2. The van der Waals surface area contributed by atoms with E-state index in [4.69, 9.17) is 4.98 Å². The Morgan fingerprint density at radius 2 is 1.68 bits per heavy atom. The van der Waals surface area contributed by atoms with Crippen LogP contribution < -0.4 is 0 Å². The average molecular weight is 368 g/mol. The number of nitrogens with zero attached hydrogens (tertiary/aromatic N) is 4. The highest BCUT2D eigenvalue weighted by atomic mass is 16.2. The number of aromatic nitrogens is 3. The van der Waals surface area contributed by atoms with Crippen molar-refractivity contribution in [3.8, 4) is 11.3 Å². The number of likely N-dealkylation sites (tertiary alicyclic amines) is 1. The molecule has 0 aliphatic carbocycles. The number of amides is 1. The van der Waals surface area contributed by atoms with Gasteiger partial charge in [-0.1, -0.05) is 60.7 Å². The lowest BCUT2D eigenvalue weighted by Crippen LogP contribution is -2.42. The lowest BCUT2D eigenvalue weighted by Gasteiger charge is -2.31. The number of fused-ring (bicyclic) bond motifs is 1. The maximum Gasteiger partial charge on any atom is 0.254 e. The van der Waals surface area contributed by atoms with E-state index in [1.54, 1.807) is 6.20 Å². The van der Waals surface area contributed by atoms with Crippen LogP contribution in [0.5, 0.6) is 0 Å². The molecular formula is C23H20N4O. The Hall–Kier alpha value is -3.47. The molecule has 0 spiro atoms. The molecule has 1 aliphatic heterocycles. The van der Waals surface area contributed by atoms with Crippen molar-refractivity contribution in [2.45, 2.75) is 13.0 Å². The first-order chi connectivity index (χ1) is 13.8. The maximum absolute atomic E-state index is 13.1. The predicted molar refractivity (Wildman–Crippen MR) is 109 cm³/mol. The van der Waals surface area contributed by atoms with Crippen molar-refractivity contribution in [2.75, 3.05) is 13.1 Å². The van der Waals surface area contributed by atoms with Crippen LogP contribution in [0.4, 0.5) is 0 Å². The van der Waals surface area contributed by atoms with Crippen molar-refractivity contribution < 1.29 is 4.79 Å². The molecule has 4 aromatic rings. The summed E-state index contributed by atoms with van der Waals surface area (Å²) in [6.07, 6.45) is 2.84. The molecule has 2 aromatic carbocycles. The lowest BCUT2D eigenvalue weighted by molar-refractivity contribution is 0.0654. The van der Waals surface area contributed by atoms with Gasteiger partial charge >= 0.3 is 0 Å². The number of carbonyl (C=O) groups excluding carboxylic acids is 1. The quantitative estimate of drug-likeness (QED) is 0.547. The van der Waals surface area contributed by atoms with Crippen molar-refractivity contribution in [3.63, 3.8) is 0 Å². The highest BCUT2D eigenvalue weighted by Crippen LogP contribution is 2.27. The highest BCUT2D eigenvalue weighted by Gasteiger charge is 2.25. The molecule has 28 heavy (non-hydrogen) atoms. The van der Waals surface area contributed by atoms with Gasteiger partial charge < -0.3 is 4.90 Å². The predicted octanol–water partition coefficient (Wildman–Crippen LogP) is 3.99. The van der Waals surface area contributed by atoms with Gasteiger partial charge in [-0.15, -0.1) is 0 Å². The number of hydrogen-bond acceptors (Lipinski definition) is 3. The maximum atomic E-state index is 13.1. The second-order valence-electron chi connectivity index (χ2n) is 7.09. The normalized spacial score (nSPS) is 13.5. The summed E-state index contributed by atoms with van der Waals surface area (Å²) in [5.74, 6) is 0.0649. The summed E-state index contributed by atoms with van der Waals surface area (Å²) < 4.78 is 1.88. The van der Waals surface area contributed by atoms with E-state index < -0.39 is 0 Å². The summed E-state index contributed by atoms with van der Waals surface area (Å²) in [6.45, 7) is 2.26. The second-order valence-corrected chi connectivity index (χ2v) is 7.09. The molecular weight excluding hydrogens is 348 g/mol. The zero-order valence-electron chi connectivity index (χ0n) is 15.5. The van der Waals surface area contributed by atoms with Crippen LogP contribution in [0.25, 0.3) is 22.3 Å². The van der Waals surface area contributed by atoms with Crippen LogP contribution in [0.15, 0.2) is 72.9 Å². The Kier molecular flexibility index (Phi) is 4.13. The van der Waals surface area contributed by atoms with Crippen molar-refractivity contribution in [3.05, 3.63) is 84.1 Å². The molecule has 3 heterocycles. The van der Waals surface area contributed by atoms with Crippen LogP contribution in [0.1, 0.15) is 22.3 Å². The third kappa shape index (κ3) is 2.95. The summed E-state index contributed by atoms with van der Waals surface area (Å²) in [5, 5.41) is 5.37. The molecule has 1 fully saturated rings. The molecule has 0 unspecified atom stereocenters. The van der Waals surface area contributed by atoms with Crippen LogP contribution >= 0.6 is 0 Å². The molecule has 2 aromatic heterocycles. The number of hydrogen-bond donors (Lipinski definition) is 0. The van der Waals surface area contributed by atoms with Gasteiger partial charge in [0.15, 0.2) is 5.65 Å². The van der Waals surface area contributed by atoms with Crippen LogP contribution in [0, 0.1) is 0 Å². The van der Waals surface area contributed by atoms with Crippen molar-refractivity contribution in [1.29, 1.82) is 0 Å². The Morgan fingerprint density at radius 3 is 2.36 bits per heavy atom. The molecule has 1 aliphatic rings. The first kappa shape index (κ1) is 16.7. The van der Waals surface area contributed by atoms with Crippen LogP contribution in [0.2, 0.25) is 0 Å². The summed E-state index contributed by atoms with van der Waals surface area (Å²) >= 11 is 0. The van der Waals surface area contributed by atoms with E-state index >= 15 is 0 Å². The topological polar surface area (TPSA) is 51.0 Å². The van der Waals surface area contributed by atoms with Gasteiger partial charge in [-0.05, 0) is 18.1 Å². The molecule has 0 radical (unpaired) electrons. The lowest BCUT2D eigenvalue weighted by atomic mass is 10.0. The van der Waals surface area contributed by atoms with Gasteiger partial charge in [0.25, 0.3) is 5.91 Å². The number of carbonyl (C=O) groups is 1. The van der Waals surface area contributed by atoms with E-state index in [9.17, 15) is 4.79 Å². The van der Waals surface area contributed by atoms with E-state index in [2.05, 4.69) is 17.2 Å². The van der Waals surface area contributed by atoms with Gasteiger partial charge in [0, 0.05) is 18.7 Å². The zero-order chi connectivity index (χ0) is 18.9. The molecule has 138 valence electrons. The molecule has 0 bridgehead atoms. The van der Waals surface area contributed by atoms with E-state index in [1.807, 2.05) is 64.2 Å². The first-order valence-corrected chi connectivity index (χ1v) is 9.55. The van der Waals surface area contributed by atoms with Crippen molar-refractivity contribution in [2.24, 2.45) is 0 Å². The Balaban J connectivity index is 1.66. The molecule has 0 N–H and O–H groups in total. The van der Waals surface area contributed by atoms with Crippen molar-refractivity contribution in [1.82, 2.24) is 19.7 Å². The highest BCUT2D eigenvalue weighted by molar-refractivity contribution is 6.06. The zero-order valence-corrected chi connectivity index (χ0v) is 15.5. The van der Waals surface area contributed by atoms with Gasteiger partial charge in [0.1, 0.15) is 0 Å². The van der Waals surface area contributed by atoms with E-state index in [1.165, 1.54) is 0 Å². The van der Waals surface area contributed by atoms with Gasteiger partial charge in [-0.2, -0.15) is 5.10 Å². The van der Waals surface area contributed by atoms with Gasteiger partial charge in [0.05, 0.1) is 29.4 Å². The third-order valence-electron chi connectivity index (χ3n) is 5.23. The smallest absolute Gasteiger partial charge is 0.254 e. The molecule has 5 heteroatoms. The summed E-state index contributed by atoms with van der Waals surface area (Å²) in [4.78, 5) is 19.8. The van der Waals surface area contributed by atoms with Gasteiger partial charge in [-0.3, -0.25) is 4.79 Å². The largest absolute Gasteiger partial charge is 0.338 e. The monoisotopic (exact) mass is 368 g/mol. The van der Waals surface area contributed by atoms with Gasteiger partial charge in [0.2, 0.25) is 0 Å². The third-order valence-corrected chi connectivity index (χ3v) is 5.23. The minimum absolute atomic E-state index is 0.0649. The number of benzene rings is 2. The minimum atomic E-state index is 0.0649. The minimum Gasteiger partial charge on any atom is -0.338 e. The van der Waals surface area contributed by atoms with Crippen LogP contribution in [-0.4, -0.2) is 38.7 Å². The number of pyridine rings is 1. The summed E-state index contributed by atoms with van der Waals surface area (Å²) in [6, 6.07) is 22.1. The van der Waals surface area contributed by atoms with Crippen LogP contribution in [-0.2, 0) is 6.54 Å². The molecule has 0 atom stereocenters. The van der Waals surface area contributed by atoms with Crippen molar-refractivity contribution >= 4 is 16.9 Å². The Labute approximate surface area is 163 Å². The number of rotatable bonds is 4. The fourth-order valence-electron chi connectivity index (χ4n) is 3.54. The molecule has 1 amide bonds. The summed E-state index contributed by atoms with van der Waals surface area (Å²) in [5.41, 5.74) is 4.37. The molecule has 5 nitrogen and oxygen atoms in total. The molecule has 5 rings (SSSR count). The van der Waals surface area contributed by atoms with E-state index in [0.717, 1.165) is 47.4 Å². The van der Waals surface area contributed by atoms with Crippen LogP contribution in [0.3, 0.4) is 0 Å².